The zero-order valence-electron chi connectivity index (χ0n) is 28.3. The van der Waals surface area contributed by atoms with Crippen LogP contribution >= 0.6 is 0 Å². The molecule has 0 amide bonds. The maximum absolute atomic E-state index is 12.8. The molecule has 264 valence electrons. The van der Waals surface area contributed by atoms with Crippen molar-refractivity contribution in [1.82, 2.24) is 0 Å². The van der Waals surface area contributed by atoms with Gasteiger partial charge in [-0.3, -0.25) is 0 Å². The van der Waals surface area contributed by atoms with Crippen LogP contribution in [0.2, 0.25) is 0 Å². The van der Waals surface area contributed by atoms with E-state index in [9.17, 15) is 19.5 Å². The van der Waals surface area contributed by atoms with Crippen LogP contribution in [0.4, 0.5) is 0 Å². The number of hydrogen-bond donors (Lipinski definition) is 1. The van der Waals surface area contributed by atoms with Crippen molar-refractivity contribution in [1.29, 1.82) is 0 Å². The largest absolute Gasteiger partial charge is 0.494 e. The normalized spacial score (nSPS) is 14.4. The Morgan fingerprint density at radius 3 is 1.73 bits per heavy atom. The smallest absolute Gasteiger partial charge is 0.338 e. The summed E-state index contributed by atoms with van der Waals surface area (Å²) < 4.78 is 33.0. The zero-order chi connectivity index (χ0) is 35.3. The van der Waals surface area contributed by atoms with Crippen LogP contribution in [0.3, 0.4) is 0 Å². The van der Waals surface area contributed by atoms with E-state index >= 15 is 0 Å². The van der Waals surface area contributed by atoms with Crippen molar-refractivity contribution >= 4 is 17.9 Å². The van der Waals surface area contributed by atoms with Crippen molar-refractivity contribution < 1.29 is 47.9 Å². The van der Waals surface area contributed by atoms with Crippen LogP contribution in [0.5, 0.6) is 11.5 Å². The first kappa shape index (κ1) is 38.6. The monoisotopic (exact) mass is 676 g/mol. The Hall–Kier alpha value is -4.83. The lowest BCUT2D eigenvalue weighted by molar-refractivity contribution is -0.138. The lowest BCUT2D eigenvalue weighted by atomic mass is 10.0. The summed E-state index contributed by atoms with van der Waals surface area (Å²) in [6, 6.07) is 13.9. The van der Waals surface area contributed by atoms with Gasteiger partial charge in [0.05, 0.1) is 32.0 Å². The third kappa shape index (κ3) is 14.9. The molecule has 0 aromatic heterocycles. The SMILES string of the molecule is C=CC(=O)OCCCCCCOc1ccc(C(=O)OC2CC=C(OC(O)c3ccc(OCCCCCCOC(=O)C=C)cc3)C=C2C)cc1. The molecule has 2 aromatic rings. The first-order valence-corrected chi connectivity index (χ1v) is 16.8. The van der Waals surface area contributed by atoms with Gasteiger partial charge >= 0.3 is 17.9 Å². The molecule has 0 saturated carbocycles. The molecule has 49 heavy (non-hydrogen) atoms. The predicted octanol–water partition coefficient (Wildman–Crippen LogP) is 7.49. The summed E-state index contributed by atoms with van der Waals surface area (Å²) in [5, 5.41) is 10.7. The predicted molar refractivity (Wildman–Crippen MR) is 185 cm³/mol. The third-order valence-electron chi connectivity index (χ3n) is 7.60. The van der Waals surface area contributed by atoms with Crippen LogP contribution in [0.25, 0.3) is 0 Å². The van der Waals surface area contributed by atoms with Gasteiger partial charge in [-0.2, -0.15) is 0 Å². The molecule has 10 nitrogen and oxygen atoms in total. The summed E-state index contributed by atoms with van der Waals surface area (Å²) in [6.07, 6.45) is 11.8. The Labute approximate surface area is 289 Å². The average Bonchev–Trinajstić information content (AvgIpc) is 3.11. The highest BCUT2D eigenvalue weighted by Crippen LogP contribution is 2.27. The molecule has 1 aliphatic rings. The van der Waals surface area contributed by atoms with E-state index in [2.05, 4.69) is 13.2 Å². The maximum Gasteiger partial charge on any atom is 0.338 e. The molecule has 0 radical (unpaired) electrons. The van der Waals surface area contributed by atoms with Gasteiger partial charge < -0.3 is 33.5 Å². The van der Waals surface area contributed by atoms with Crippen molar-refractivity contribution in [3.8, 4) is 11.5 Å². The van der Waals surface area contributed by atoms with Crippen LogP contribution in [-0.4, -0.2) is 55.5 Å². The lowest BCUT2D eigenvalue weighted by Gasteiger charge is -2.23. The van der Waals surface area contributed by atoms with E-state index in [-0.39, 0.29) is 0 Å². The molecule has 3 rings (SSSR count). The van der Waals surface area contributed by atoms with E-state index in [0.29, 0.717) is 61.2 Å². The number of benzene rings is 2. The first-order chi connectivity index (χ1) is 23.8. The standard InChI is InChI=1S/C39H48O10/c1-4-36(40)46-26-12-8-6-10-24-44-32-18-14-30(15-19-32)38(42)48-34-22-23-35(29(3)28-34)49-39(43)31-16-20-33(21-17-31)45-25-11-7-9-13-27-47-37(41)5-2/h4-5,14-22,28,35,38,42H,1-2,6-13,23-27H2,3H3. The zero-order valence-corrected chi connectivity index (χ0v) is 28.3. The second kappa shape index (κ2) is 21.9. The summed E-state index contributed by atoms with van der Waals surface area (Å²) >= 11 is 0. The Balaban J connectivity index is 1.32. The number of carbonyl (C=O) groups is 3. The summed E-state index contributed by atoms with van der Waals surface area (Å²) in [7, 11) is 0. The van der Waals surface area contributed by atoms with Crippen molar-refractivity contribution in [3.05, 3.63) is 108 Å². The van der Waals surface area contributed by atoms with Crippen LogP contribution in [0.1, 0.15) is 86.9 Å². The van der Waals surface area contributed by atoms with Gasteiger partial charge in [0.2, 0.25) is 6.29 Å². The van der Waals surface area contributed by atoms with Gasteiger partial charge in [-0.25, -0.2) is 14.4 Å². The molecule has 1 aliphatic carbocycles. The topological polar surface area (TPSA) is 127 Å². The molecule has 10 heteroatoms. The Morgan fingerprint density at radius 1 is 0.755 bits per heavy atom. The van der Waals surface area contributed by atoms with Gasteiger partial charge in [-0.1, -0.05) is 13.2 Å². The van der Waals surface area contributed by atoms with E-state index in [1.165, 1.54) is 0 Å². The van der Waals surface area contributed by atoms with Crippen molar-refractivity contribution in [2.45, 2.75) is 77.1 Å². The van der Waals surface area contributed by atoms with Gasteiger partial charge in [0.1, 0.15) is 23.4 Å². The second-order valence-electron chi connectivity index (χ2n) is 11.5. The minimum Gasteiger partial charge on any atom is -0.494 e. The molecule has 0 aliphatic heterocycles. The van der Waals surface area contributed by atoms with Crippen molar-refractivity contribution in [2.75, 3.05) is 26.4 Å². The van der Waals surface area contributed by atoms with Gasteiger partial charge in [-0.15, -0.1) is 0 Å². The Bertz CT molecular complexity index is 1410. The fourth-order valence-electron chi connectivity index (χ4n) is 4.78. The van der Waals surface area contributed by atoms with Gasteiger partial charge in [0.25, 0.3) is 0 Å². The van der Waals surface area contributed by atoms with E-state index in [1.54, 1.807) is 60.7 Å². The highest BCUT2D eigenvalue weighted by atomic mass is 16.6. The number of aliphatic hydroxyl groups is 1. The maximum atomic E-state index is 12.8. The molecule has 0 saturated heterocycles. The molecule has 1 N–H and O–H groups in total. The number of rotatable bonds is 23. The number of ether oxygens (including phenoxy) is 6. The third-order valence-corrected chi connectivity index (χ3v) is 7.60. The highest BCUT2D eigenvalue weighted by molar-refractivity contribution is 5.89. The van der Waals surface area contributed by atoms with Crippen molar-refractivity contribution in [2.24, 2.45) is 0 Å². The fraction of sp³-hybridized carbons (Fsp3) is 0.410. The van der Waals surface area contributed by atoms with Crippen LogP contribution < -0.4 is 9.47 Å². The molecular formula is C39H48O10. The minimum atomic E-state index is -1.17. The van der Waals surface area contributed by atoms with Crippen LogP contribution in [0, 0.1) is 0 Å². The number of esters is 3. The summed E-state index contributed by atoms with van der Waals surface area (Å²) in [6.45, 7) is 10.5. The minimum absolute atomic E-state index is 0.393. The second-order valence-corrected chi connectivity index (χ2v) is 11.5. The fourth-order valence-corrected chi connectivity index (χ4v) is 4.78. The highest BCUT2D eigenvalue weighted by Gasteiger charge is 2.22. The number of carbonyl (C=O) groups excluding carboxylic acids is 3. The molecule has 0 fully saturated rings. The molecule has 0 heterocycles. The van der Waals surface area contributed by atoms with E-state index in [1.807, 2.05) is 6.92 Å². The van der Waals surface area contributed by atoms with Gasteiger partial charge in [0.15, 0.2) is 0 Å². The van der Waals surface area contributed by atoms with E-state index in [0.717, 1.165) is 69.1 Å². The van der Waals surface area contributed by atoms with Crippen LogP contribution in [-0.2, 0) is 28.5 Å². The molecule has 0 bridgehead atoms. The van der Waals surface area contributed by atoms with Crippen molar-refractivity contribution in [3.63, 3.8) is 0 Å². The molecule has 2 atom stereocenters. The summed E-state index contributed by atoms with van der Waals surface area (Å²) in [5.74, 6) is 0.630. The summed E-state index contributed by atoms with van der Waals surface area (Å²) in [4.78, 5) is 34.8. The average molecular weight is 677 g/mol. The van der Waals surface area contributed by atoms with E-state index < -0.39 is 30.3 Å². The summed E-state index contributed by atoms with van der Waals surface area (Å²) in [5.41, 5.74) is 1.81. The molecule has 2 aromatic carbocycles. The Morgan fingerprint density at radius 2 is 1.24 bits per heavy atom. The number of hydrogen-bond acceptors (Lipinski definition) is 10. The van der Waals surface area contributed by atoms with E-state index in [4.69, 9.17) is 28.4 Å². The number of unbranched alkanes of at least 4 members (excludes halogenated alkanes) is 6. The number of aliphatic hydroxyl groups excluding tert-OH is 1. The molecule has 2 unspecified atom stereocenters. The van der Waals surface area contributed by atoms with Crippen LogP contribution in [0.15, 0.2) is 97.3 Å². The lowest BCUT2D eigenvalue weighted by Crippen LogP contribution is -2.21. The quantitative estimate of drug-likeness (QED) is 0.0416. The van der Waals surface area contributed by atoms with Gasteiger partial charge in [0, 0.05) is 24.1 Å². The Kier molecular flexibility index (Phi) is 17.3. The molecule has 0 spiro atoms. The number of allylic oxidation sites excluding steroid dienone is 1. The molecular weight excluding hydrogens is 628 g/mol. The first-order valence-electron chi connectivity index (χ1n) is 16.8. The van der Waals surface area contributed by atoms with Gasteiger partial charge in [-0.05, 0) is 125 Å².